The molecular formula is C13H19N3O. The number of amidine groups is 1. The van der Waals surface area contributed by atoms with Gasteiger partial charge in [0, 0.05) is 17.8 Å². The molecule has 0 spiro atoms. The summed E-state index contributed by atoms with van der Waals surface area (Å²) in [7, 11) is 0. The normalized spacial score (nSPS) is 20.3. The second-order valence-electron chi connectivity index (χ2n) is 4.29. The molecule has 92 valence electrons. The number of nitrogens with two attached hydrogens (primary N) is 1. The van der Waals surface area contributed by atoms with Gasteiger partial charge in [0.15, 0.2) is 0 Å². The molecular weight excluding hydrogens is 214 g/mol. The topological polar surface area (TPSA) is 62.3 Å². The quantitative estimate of drug-likeness (QED) is 0.615. The Labute approximate surface area is 102 Å². The van der Waals surface area contributed by atoms with Gasteiger partial charge in [-0.1, -0.05) is 6.92 Å². The lowest BCUT2D eigenvalue weighted by Crippen LogP contribution is -2.45. The first-order valence-electron chi connectivity index (χ1n) is 6.01. The average Bonchev–Trinajstić information content (AvgIpc) is 2.39. The van der Waals surface area contributed by atoms with Crippen LogP contribution in [0, 0.1) is 5.41 Å². The van der Waals surface area contributed by atoms with Crippen LogP contribution in [0.15, 0.2) is 24.3 Å². The van der Waals surface area contributed by atoms with Gasteiger partial charge in [-0.25, -0.2) is 0 Å². The van der Waals surface area contributed by atoms with Gasteiger partial charge in [-0.05, 0) is 30.7 Å². The SMILES string of the molecule is CCC1COCCN1c1ccc(C(=N)N)cc1. The van der Waals surface area contributed by atoms with E-state index in [1.165, 1.54) is 5.69 Å². The highest BCUT2D eigenvalue weighted by Crippen LogP contribution is 2.21. The van der Waals surface area contributed by atoms with Crippen LogP contribution in [0.1, 0.15) is 18.9 Å². The first-order valence-corrected chi connectivity index (χ1v) is 6.01. The molecule has 0 bridgehead atoms. The van der Waals surface area contributed by atoms with Crippen molar-refractivity contribution in [3.05, 3.63) is 29.8 Å². The summed E-state index contributed by atoms with van der Waals surface area (Å²) in [5, 5.41) is 7.37. The number of rotatable bonds is 3. The first kappa shape index (κ1) is 11.9. The standard InChI is InChI=1S/C13H19N3O/c1-2-11-9-17-8-7-16(11)12-5-3-10(4-6-12)13(14)15/h3-6,11H,2,7-9H2,1H3,(H3,14,15). The smallest absolute Gasteiger partial charge is 0.122 e. The lowest BCUT2D eigenvalue weighted by molar-refractivity contribution is 0.0930. The maximum atomic E-state index is 7.37. The molecule has 1 saturated heterocycles. The van der Waals surface area contributed by atoms with Crippen LogP contribution in [-0.2, 0) is 4.74 Å². The zero-order chi connectivity index (χ0) is 12.3. The van der Waals surface area contributed by atoms with E-state index in [9.17, 15) is 0 Å². The molecule has 1 fully saturated rings. The van der Waals surface area contributed by atoms with E-state index in [2.05, 4.69) is 11.8 Å². The summed E-state index contributed by atoms with van der Waals surface area (Å²) in [6, 6.07) is 8.32. The summed E-state index contributed by atoms with van der Waals surface area (Å²) in [6.07, 6.45) is 1.08. The van der Waals surface area contributed by atoms with Gasteiger partial charge in [0.1, 0.15) is 5.84 Å². The molecule has 3 N–H and O–H groups in total. The van der Waals surface area contributed by atoms with Crippen LogP contribution in [0.3, 0.4) is 0 Å². The van der Waals surface area contributed by atoms with Gasteiger partial charge in [0.05, 0.1) is 19.3 Å². The summed E-state index contributed by atoms with van der Waals surface area (Å²) in [5.74, 6) is 0.116. The number of anilines is 1. The minimum atomic E-state index is 0.116. The number of ether oxygens (including phenoxy) is 1. The molecule has 0 aliphatic carbocycles. The van der Waals surface area contributed by atoms with Crippen molar-refractivity contribution in [1.29, 1.82) is 5.41 Å². The largest absolute Gasteiger partial charge is 0.384 e. The van der Waals surface area contributed by atoms with E-state index in [4.69, 9.17) is 15.9 Å². The maximum Gasteiger partial charge on any atom is 0.122 e. The van der Waals surface area contributed by atoms with Crippen LogP contribution in [-0.4, -0.2) is 31.6 Å². The number of nitrogens with zero attached hydrogens (tertiary/aromatic N) is 1. The minimum Gasteiger partial charge on any atom is -0.384 e. The fourth-order valence-electron chi connectivity index (χ4n) is 2.17. The Hall–Kier alpha value is -1.55. The highest BCUT2D eigenvalue weighted by molar-refractivity contribution is 5.95. The van der Waals surface area contributed by atoms with Crippen LogP contribution in [0.2, 0.25) is 0 Å². The van der Waals surface area contributed by atoms with Crippen molar-refractivity contribution in [2.75, 3.05) is 24.7 Å². The molecule has 0 saturated carbocycles. The first-order chi connectivity index (χ1) is 8.22. The van der Waals surface area contributed by atoms with Gasteiger partial charge < -0.3 is 15.4 Å². The van der Waals surface area contributed by atoms with Crippen LogP contribution < -0.4 is 10.6 Å². The Bertz CT molecular complexity index is 388. The van der Waals surface area contributed by atoms with Gasteiger partial charge in [-0.3, -0.25) is 5.41 Å². The van der Waals surface area contributed by atoms with Gasteiger partial charge in [-0.2, -0.15) is 0 Å². The van der Waals surface area contributed by atoms with Crippen molar-refractivity contribution in [2.24, 2.45) is 5.73 Å². The van der Waals surface area contributed by atoms with Crippen LogP contribution in [0.4, 0.5) is 5.69 Å². The summed E-state index contributed by atoms with van der Waals surface area (Å²) in [4.78, 5) is 2.37. The third-order valence-electron chi connectivity index (χ3n) is 3.21. The number of morpholine rings is 1. The molecule has 1 unspecified atom stereocenters. The molecule has 4 nitrogen and oxygen atoms in total. The second-order valence-corrected chi connectivity index (χ2v) is 4.29. The fourth-order valence-corrected chi connectivity index (χ4v) is 2.17. The molecule has 2 rings (SSSR count). The van der Waals surface area contributed by atoms with E-state index >= 15 is 0 Å². The predicted molar refractivity (Wildman–Crippen MR) is 69.7 cm³/mol. The van der Waals surface area contributed by atoms with E-state index in [-0.39, 0.29) is 5.84 Å². The van der Waals surface area contributed by atoms with E-state index in [0.29, 0.717) is 6.04 Å². The Morgan fingerprint density at radius 2 is 2.18 bits per heavy atom. The Kier molecular flexibility index (Phi) is 3.64. The van der Waals surface area contributed by atoms with Crippen molar-refractivity contribution in [1.82, 2.24) is 0 Å². The molecule has 0 aromatic heterocycles. The number of hydrogen-bond donors (Lipinski definition) is 2. The molecule has 4 heteroatoms. The third kappa shape index (κ3) is 2.58. The highest BCUT2D eigenvalue weighted by Gasteiger charge is 2.21. The number of hydrogen-bond acceptors (Lipinski definition) is 3. The Morgan fingerprint density at radius 1 is 1.47 bits per heavy atom. The average molecular weight is 233 g/mol. The summed E-state index contributed by atoms with van der Waals surface area (Å²) in [6.45, 7) is 4.68. The maximum absolute atomic E-state index is 7.37. The van der Waals surface area contributed by atoms with Gasteiger partial charge in [0.25, 0.3) is 0 Å². The van der Waals surface area contributed by atoms with E-state index in [1.807, 2.05) is 24.3 Å². The minimum absolute atomic E-state index is 0.116. The molecule has 0 amide bonds. The molecule has 1 heterocycles. The number of nitrogens with one attached hydrogen (secondary N) is 1. The van der Waals surface area contributed by atoms with Crippen molar-refractivity contribution >= 4 is 11.5 Å². The molecule has 1 aliphatic rings. The monoisotopic (exact) mass is 233 g/mol. The van der Waals surface area contributed by atoms with Crippen LogP contribution >= 0.6 is 0 Å². The Morgan fingerprint density at radius 3 is 2.76 bits per heavy atom. The van der Waals surface area contributed by atoms with E-state index in [1.54, 1.807) is 0 Å². The number of nitrogen functional groups attached to an aromatic ring is 1. The van der Waals surface area contributed by atoms with E-state index in [0.717, 1.165) is 31.7 Å². The molecule has 1 aliphatic heterocycles. The lowest BCUT2D eigenvalue weighted by Gasteiger charge is -2.37. The van der Waals surface area contributed by atoms with Crippen molar-refractivity contribution in [3.8, 4) is 0 Å². The fraction of sp³-hybridized carbons (Fsp3) is 0.462. The predicted octanol–water partition coefficient (Wildman–Crippen LogP) is 1.59. The Balaban J connectivity index is 2.17. The lowest BCUT2D eigenvalue weighted by atomic mass is 10.1. The van der Waals surface area contributed by atoms with E-state index < -0.39 is 0 Å². The number of benzene rings is 1. The van der Waals surface area contributed by atoms with Crippen molar-refractivity contribution < 1.29 is 4.74 Å². The molecule has 1 atom stereocenters. The third-order valence-corrected chi connectivity index (χ3v) is 3.21. The van der Waals surface area contributed by atoms with Crippen molar-refractivity contribution in [2.45, 2.75) is 19.4 Å². The zero-order valence-electron chi connectivity index (χ0n) is 10.1. The van der Waals surface area contributed by atoms with Crippen LogP contribution in [0.25, 0.3) is 0 Å². The second kappa shape index (κ2) is 5.19. The van der Waals surface area contributed by atoms with Gasteiger partial charge >= 0.3 is 0 Å². The molecule has 1 aromatic carbocycles. The molecule has 0 radical (unpaired) electrons. The summed E-state index contributed by atoms with van der Waals surface area (Å²) < 4.78 is 5.49. The summed E-state index contributed by atoms with van der Waals surface area (Å²) >= 11 is 0. The van der Waals surface area contributed by atoms with Crippen molar-refractivity contribution in [3.63, 3.8) is 0 Å². The van der Waals surface area contributed by atoms with Gasteiger partial charge in [0.2, 0.25) is 0 Å². The van der Waals surface area contributed by atoms with Gasteiger partial charge in [-0.15, -0.1) is 0 Å². The molecule has 1 aromatic rings. The highest BCUT2D eigenvalue weighted by atomic mass is 16.5. The zero-order valence-corrected chi connectivity index (χ0v) is 10.1. The molecule has 17 heavy (non-hydrogen) atoms. The van der Waals surface area contributed by atoms with Crippen LogP contribution in [0.5, 0.6) is 0 Å². The summed E-state index contributed by atoms with van der Waals surface area (Å²) in [5.41, 5.74) is 7.40.